The molecule has 0 aromatic heterocycles. The van der Waals surface area contributed by atoms with Gasteiger partial charge in [0.1, 0.15) is 0 Å². The number of hydrogen-bond acceptors (Lipinski definition) is 3. The van der Waals surface area contributed by atoms with Crippen LogP contribution >= 0.6 is 0 Å². The van der Waals surface area contributed by atoms with E-state index >= 15 is 0 Å². The summed E-state index contributed by atoms with van der Waals surface area (Å²) in [5.74, 6) is 0.907. The van der Waals surface area contributed by atoms with Crippen molar-refractivity contribution in [3.63, 3.8) is 0 Å². The van der Waals surface area contributed by atoms with Gasteiger partial charge in [0.25, 0.3) is 5.91 Å². The van der Waals surface area contributed by atoms with Crippen molar-refractivity contribution < 1.29 is 13.2 Å². The molecule has 1 aromatic carbocycles. The van der Waals surface area contributed by atoms with Crippen LogP contribution in [-0.4, -0.2) is 44.1 Å². The van der Waals surface area contributed by atoms with Crippen LogP contribution in [0.1, 0.15) is 55.3 Å². The number of nitrogens with zero attached hydrogens (tertiary/aromatic N) is 2. The Labute approximate surface area is 150 Å². The first-order chi connectivity index (χ1) is 12.1. The SMILES string of the molecule is O=C(c1cccc(N2CCCS2(=O)=O)c1)N1CCC[C@@H]2CCCC[C@H]21. The maximum absolute atomic E-state index is 13.1. The van der Waals surface area contributed by atoms with E-state index in [2.05, 4.69) is 4.90 Å². The lowest BCUT2D eigenvalue weighted by Crippen LogP contribution is -2.49. The zero-order valence-corrected chi connectivity index (χ0v) is 15.4. The van der Waals surface area contributed by atoms with E-state index < -0.39 is 10.0 Å². The van der Waals surface area contributed by atoms with Crippen LogP contribution in [0.4, 0.5) is 5.69 Å². The van der Waals surface area contributed by atoms with Crippen molar-refractivity contribution in [1.29, 1.82) is 0 Å². The van der Waals surface area contributed by atoms with Gasteiger partial charge >= 0.3 is 0 Å². The molecule has 3 fully saturated rings. The molecule has 0 N–H and O–H groups in total. The number of amides is 1. The lowest BCUT2D eigenvalue weighted by molar-refractivity contribution is 0.0390. The van der Waals surface area contributed by atoms with Gasteiger partial charge in [-0.15, -0.1) is 0 Å². The molecule has 25 heavy (non-hydrogen) atoms. The van der Waals surface area contributed by atoms with Crippen LogP contribution < -0.4 is 4.31 Å². The summed E-state index contributed by atoms with van der Waals surface area (Å²) in [6.45, 7) is 1.33. The summed E-state index contributed by atoms with van der Waals surface area (Å²) in [6, 6.07) is 7.55. The molecule has 0 radical (unpaired) electrons. The monoisotopic (exact) mass is 362 g/mol. The van der Waals surface area contributed by atoms with Crippen molar-refractivity contribution in [3.05, 3.63) is 29.8 Å². The van der Waals surface area contributed by atoms with E-state index in [1.54, 1.807) is 18.2 Å². The summed E-state index contributed by atoms with van der Waals surface area (Å²) < 4.78 is 25.8. The summed E-state index contributed by atoms with van der Waals surface area (Å²) in [6.07, 6.45) is 7.80. The summed E-state index contributed by atoms with van der Waals surface area (Å²) in [5.41, 5.74) is 1.24. The van der Waals surface area contributed by atoms with Gasteiger partial charge in [-0.3, -0.25) is 9.10 Å². The molecule has 0 unspecified atom stereocenters. The highest BCUT2D eigenvalue weighted by molar-refractivity contribution is 7.93. The van der Waals surface area contributed by atoms with E-state index in [0.29, 0.717) is 36.2 Å². The number of benzene rings is 1. The zero-order valence-electron chi connectivity index (χ0n) is 14.6. The number of carbonyl (C=O) groups excluding carboxylic acids is 1. The Hall–Kier alpha value is -1.56. The van der Waals surface area contributed by atoms with Crippen molar-refractivity contribution in [3.8, 4) is 0 Å². The lowest BCUT2D eigenvalue weighted by atomic mass is 9.78. The molecule has 0 spiro atoms. The van der Waals surface area contributed by atoms with Crippen LogP contribution in [0.15, 0.2) is 24.3 Å². The third-order valence-electron chi connectivity index (χ3n) is 5.98. The molecular weight excluding hydrogens is 336 g/mol. The van der Waals surface area contributed by atoms with E-state index in [4.69, 9.17) is 0 Å². The minimum atomic E-state index is -3.22. The summed E-state index contributed by atoms with van der Waals surface area (Å²) in [7, 11) is -3.22. The number of fused-ring (bicyclic) bond motifs is 1. The van der Waals surface area contributed by atoms with Crippen LogP contribution in [0.5, 0.6) is 0 Å². The predicted molar refractivity (Wildman–Crippen MR) is 98.2 cm³/mol. The molecule has 2 aliphatic heterocycles. The molecule has 1 amide bonds. The summed E-state index contributed by atoms with van der Waals surface area (Å²) >= 11 is 0. The average Bonchev–Trinajstić information content (AvgIpc) is 3.00. The molecule has 6 heteroatoms. The van der Waals surface area contributed by atoms with E-state index in [-0.39, 0.29) is 11.7 Å². The van der Waals surface area contributed by atoms with Crippen molar-refractivity contribution >= 4 is 21.6 Å². The van der Waals surface area contributed by atoms with Gasteiger partial charge < -0.3 is 4.90 Å². The van der Waals surface area contributed by atoms with Crippen molar-refractivity contribution in [2.75, 3.05) is 23.1 Å². The fourth-order valence-corrected chi connectivity index (χ4v) is 6.32. The summed E-state index contributed by atoms with van der Waals surface area (Å²) in [5, 5.41) is 0. The fourth-order valence-electron chi connectivity index (χ4n) is 4.77. The Kier molecular flexibility index (Phi) is 4.48. The Morgan fingerprint density at radius 1 is 1.00 bits per heavy atom. The first-order valence-corrected chi connectivity index (χ1v) is 11.1. The standard InChI is InChI=1S/C19H26N2O3S/c22-19(20-11-4-8-15-6-1-2-10-18(15)20)16-7-3-9-17(14-16)21-12-5-13-25(21,23)24/h3,7,9,14-15,18H,1-2,4-6,8,10-13H2/t15-,18+/m0/s1. The Balaban J connectivity index is 1.59. The number of rotatable bonds is 2. The van der Waals surface area contributed by atoms with Crippen LogP contribution in [0.25, 0.3) is 0 Å². The molecular formula is C19H26N2O3S. The number of hydrogen-bond donors (Lipinski definition) is 0. The number of sulfonamides is 1. The second-order valence-corrected chi connectivity index (χ2v) is 9.56. The Bertz CT molecular complexity index is 760. The van der Waals surface area contributed by atoms with Crippen molar-refractivity contribution in [1.82, 2.24) is 4.90 Å². The van der Waals surface area contributed by atoms with Crippen LogP contribution in [-0.2, 0) is 10.0 Å². The van der Waals surface area contributed by atoms with Gasteiger partial charge in [0, 0.05) is 24.7 Å². The normalized spacial score (nSPS) is 28.6. The van der Waals surface area contributed by atoms with Crippen LogP contribution in [0.3, 0.4) is 0 Å². The maximum atomic E-state index is 13.1. The topological polar surface area (TPSA) is 57.7 Å². The number of piperidine rings is 1. The van der Waals surface area contributed by atoms with E-state index in [0.717, 1.165) is 19.4 Å². The molecule has 5 nitrogen and oxygen atoms in total. The van der Waals surface area contributed by atoms with Crippen LogP contribution in [0.2, 0.25) is 0 Å². The lowest BCUT2D eigenvalue weighted by Gasteiger charge is -2.44. The average molecular weight is 362 g/mol. The highest BCUT2D eigenvalue weighted by atomic mass is 32.2. The van der Waals surface area contributed by atoms with Gasteiger partial charge in [0.05, 0.1) is 11.4 Å². The van der Waals surface area contributed by atoms with Crippen molar-refractivity contribution in [2.24, 2.45) is 5.92 Å². The molecule has 3 aliphatic rings. The second-order valence-electron chi connectivity index (χ2n) is 7.54. The molecule has 4 rings (SSSR count). The van der Waals surface area contributed by atoms with Gasteiger partial charge in [-0.25, -0.2) is 8.42 Å². The molecule has 0 bridgehead atoms. The minimum Gasteiger partial charge on any atom is -0.335 e. The predicted octanol–water partition coefficient (Wildman–Crippen LogP) is 3.02. The number of carbonyl (C=O) groups is 1. The van der Waals surface area contributed by atoms with Gasteiger partial charge in [0.15, 0.2) is 0 Å². The van der Waals surface area contributed by atoms with Crippen LogP contribution in [0, 0.1) is 5.92 Å². The third-order valence-corrected chi connectivity index (χ3v) is 7.85. The first kappa shape index (κ1) is 16.9. The molecule has 2 saturated heterocycles. The fraction of sp³-hybridized carbons (Fsp3) is 0.632. The highest BCUT2D eigenvalue weighted by Gasteiger charge is 2.36. The molecule has 1 aromatic rings. The number of anilines is 1. The molecule has 1 aliphatic carbocycles. The highest BCUT2D eigenvalue weighted by Crippen LogP contribution is 2.36. The largest absolute Gasteiger partial charge is 0.335 e. The molecule has 136 valence electrons. The maximum Gasteiger partial charge on any atom is 0.254 e. The van der Waals surface area contributed by atoms with Gasteiger partial charge in [-0.1, -0.05) is 18.9 Å². The molecule has 2 atom stereocenters. The first-order valence-electron chi connectivity index (χ1n) is 9.48. The summed E-state index contributed by atoms with van der Waals surface area (Å²) in [4.78, 5) is 15.2. The molecule has 2 heterocycles. The Morgan fingerprint density at radius 2 is 1.80 bits per heavy atom. The zero-order chi connectivity index (χ0) is 17.4. The second kappa shape index (κ2) is 6.63. The number of likely N-dealkylation sites (tertiary alicyclic amines) is 1. The van der Waals surface area contributed by atoms with E-state index in [1.807, 2.05) is 6.07 Å². The third kappa shape index (κ3) is 3.16. The van der Waals surface area contributed by atoms with Crippen molar-refractivity contribution in [2.45, 2.75) is 51.0 Å². The minimum absolute atomic E-state index is 0.0649. The van der Waals surface area contributed by atoms with E-state index in [9.17, 15) is 13.2 Å². The smallest absolute Gasteiger partial charge is 0.254 e. The van der Waals surface area contributed by atoms with Gasteiger partial charge in [-0.2, -0.15) is 0 Å². The molecule has 1 saturated carbocycles. The van der Waals surface area contributed by atoms with Gasteiger partial charge in [0.2, 0.25) is 10.0 Å². The van der Waals surface area contributed by atoms with E-state index in [1.165, 1.54) is 30.0 Å². The Morgan fingerprint density at radius 3 is 2.60 bits per heavy atom. The quantitative estimate of drug-likeness (QED) is 0.812. The van der Waals surface area contributed by atoms with Gasteiger partial charge in [-0.05, 0) is 56.2 Å².